The summed E-state index contributed by atoms with van der Waals surface area (Å²) < 4.78 is 39.8. The number of halogens is 3. The monoisotopic (exact) mass is 353 g/mol. The normalized spacial score (nSPS) is 16.9. The van der Waals surface area contributed by atoms with E-state index in [1.54, 1.807) is 0 Å². The van der Waals surface area contributed by atoms with E-state index in [0.29, 0.717) is 5.82 Å². The summed E-state index contributed by atoms with van der Waals surface area (Å²) >= 11 is 0. The van der Waals surface area contributed by atoms with Gasteiger partial charge in [0.2, 0.25) is 0 Å². The molecule has 1 saturated heterocycles. The number of pyridine rings is 1. The Morgan fingerprint density at radius 1 is 1.08 bits per heavy atom. The standard InChI is InChI=1S/C17H22F3N5/c1-2-25-13-14(10-22-25)12-23-6-3-7-24(9-8-23)16-5-4-15(11-21-16)17(18,19)20/h4-5,10-11,13H,2-3,6-9,12H2,1H3. The molecule has 1 aliphatic rings. The molecule has 0 saturated carbocycles. The van der Waals surface area contributed by atoms with Gasteiger partial charge in [-0.15, -0.1) is 0 Å². The summed E-state index contributed by atoms with van der Waals surface area (Å²) in [6.45, 7) is 7.09. The largest absolute Gasteiger partial charge is 0.417 e. The van der Waals surface area contributed by atoms with Crippen molar-refractivity contribution in [1.82, 2.24) is 19.7 Å². The minimum absolute atomic E-state index is 0.605. The van der Waals surface area contributed by atoms with Gasteiger partial charge in [0, 0.05) is 57.2 Å². The van der Waals surface area contributed by atoms with E-state index in [1.807, 2.05) is 10.9 Å². The topological polar surface area (TPSA) is 37.2 Å². The Morgan fingerprint density at radius 2 is 1.92 bits per heavy atom. The Labute approximate surface area is 145 Å². The number of hydrogen-bond acceptors (Lipinski definition) is 4. The summed E-state index contributed by atoms with van der Waals surface area (Å²) in [6.07, 6.45) is 1.47. The minimum Gasteiger partial charge on any atom is -0.355 e. The minimum atomic E-state index is -4.34. The summed E-state index contributed by atoms with van der Waals surface area (Å²) in [6, 6.07) is 2.56. The van der Waals surface area contributed by atoms with Crippen molar-refractivity contribution in [1.29, 1.82) is 0 Å². The van der Waals surface area contributed by atoms with Crippen molar-refractivity contribution in [3.63, 3.8) is 0 Å². The molecule has 1 aliphatic heterocycles. The zero-order chi connectivity index (χ0) is 17.9. The average Bonchev–Trinajstić information content (AvgIpc) is 2.91. The Balaban J connectivity index is 1.59. The van der Waals surface area contributed by atoms with E-state index in [-0.39, 0.29) is 0 Å². The number of anilines is 1. The molecule has 0 amide bonds. The van der Waals surface area contributed by atoms with Crippen LogP contribution in [0.4, 0.5) is 19.0 Å². The maximum Gasteiger partial charge on any atom is 0.417 e. The fraction of sp³-hybridized carbons (Fsp3) is 0.529. The molecule has 0 aromatic carbocycles. The van der Waals surface area contributed by atoms with Crippen LogP contribution in [-0.4, -0.2) is 45.8 Å². The van der Waals surface area contributed by atoms with Gasteiger partial charge < -0.3 is 4.90 Å². The van der Waals surface area contributed by atoms with Crippen molar-refractivity contribution in [3.05, 3.63) is 41.9 Å². The van der Waals surface area contributed by atoms with Gasteiger partial charge in [-0.25, -0.2) is 4.98 Å². The molecule has 8 heteroatoms. The predicted molar refractivity (Wildman–Crippen MR) is 89.2 cm³/mol. The van der Waals surface area contributed by atoms with E-state index < -0.39 is 11.7 Å². The smallest absolute Gasteiger partial charge is 0.355 e. The number of nitrogens with zero attached hydrogens (tertiary/aromatic N) is 5. The molecule has 25 heavy (non-hydrogen) atoms. The van der Waals surface area contributed by atoms with Gasteiger partial charge in [-0.05, 0) is 25.5 Å². The molecule has 3 heterocycles. The number of rotatable bonds is 4. The third-order valence-corrected chi connectivity index (χ3v) is 4.40. The fourth-order valence-electron chi connectivity index (χ4n) is 3.02. The summed E-state index contributed by atoms with van der Waals surface area (Å²) in [5, 5.41) is 4.29. The van der Waals surface area contributed by atoms with Gasteiger partial charge in [-0.2, -0.15) is 18.3 Å². The highest BCUT2D eigenvalue weighted by atomic mass is 19.4. The maximum absolute atomic E-state index is 12.6. The zero-order valence-corrected chi connectivity index (χ0v) is 14.2. The van der Waals surface area contributed by atoms with Crippen molar-refractivity contribution in [2.45, 2.75) is 32.6 Å². The van der Waals surface area contributed by atoms with E-state index >= 15 is 0 Å². The Kier molecular flexibility index (Phi) is 5.27. The number of aromatic nitrogens is 3. The highest BCUT2D eigenvalue weighted by molar-refractivity contribution is 5.40. The van der Waals surface area contributed by atoms with Crippen LogP contribution in [0.3, 0.4) is 0 Å². The number of aryl methyl sites for hydroxylation is 1. The van der Waals surface area contributed by atoms with Crippen molar-refractivity contribution < 1.29 is 13.2 Å². The van der Waals surface area contributed by atoms with Gasteiger partial charge in [0.1, 0.15) is 5.82 Å². The number of hydrogen-bond donors (Lipinski definition) is 0. The van der Waals surface area contributed by atoms with Crippen molar-refractivity contribution in [3.8, 4) is 0 Å². The SMILES string of the molecule is CCn1cc(CN2CCCN(c3ccc(C(F)(F)F)cn3)CC2)cn1. The second-order valence-electron chi connectivity index (χ2n) is 6.22. The van der Waals surface area contributed by atoms with Crippen LogP contribution in [-0.2, 0) is 19.3 Å². The molecular formula is C17H22F3N5. The second kappa shape index (κ2) is 7.43. The molecule has 3 rings (SSSR count). The Bertz CT molecular complexity index is 680. The summed E-state index contributed by atoms with van der Waals surface area (Å²) in [5.74, 6) is 0.605. The molecule has 2 aromatic rings. The van der Waals surface area contributed by atoms with Crippen LogP contribution in [0.5, 0.6) is 0 Å². The van der Waals surface area contributed by atoms with Crippen molar-refractivity contribution in [2.75, 3.05) is 31.1 Å². The Hall–Kier alpha value is -2.09. The first-order chi connectivity index (χ1) is 12.0. The van der Waals surface area contributed by atoms with E-state index in [4.69, 9.17) is 0 Å². The van der Waals surface area contributed by atoms with E-state index in [2.05, 4.69) is 33.0 Å². The molecule has 0 bridgehead atoms. The molecule has 0 unspecified atom stereocenters. The van der Waals surface area contributed by atoms with Gasteiger partial charge >= 0.3 is 6.18 Å². The predicted octanol–water partition coefficient (Wildman–Crippen LogP) is 3.03. The molecule has 1 fully saturated rings. The van der Waals surface area contributed by atoms with Crippen LogP contribution in [0.25, 0.3) is 0 Å². The van der Waals surface area contributed by atoms with Crippen LogP contribution in [0.15, 0.2) is 30.7 Å². The first kappa shape index (κ1) is 17.7. The molecule has 5 nitrogen and oxygen atoms in total. The molecule has 0 radical (unpaired) electrons. The highest BCUT2D eigenvalue weighted by Crippen LogP contribution is 2.29. The van der Waals surface area contributed by atoms with Gasteiger partial charge in [0.25, 0.3) is 0 Å². The van der Waals surface area contributed by atoms with E-state index in [1.165, 1.54) is 11.6 Å². The highest BCUT2D eigenvalue weighted by Gasteiger charge is 2.31. The molecule has 0 spiro atoms. The van der Waals surface area contributed by atoms with E-state index in [9.17, 15) is 13.2 Å². The molecule has 0 aliphatic carbocycles. The lowest BCUT2D eigenvalue weighted by atomic mass is 10.2. The fourth-order valence-corrected chi connectivity index (χ4v) is 3.02. The molecule has 0 N–H and O–H groups in total. The molecule has 136 valence electrons. The van der Waals surface area contributed by atoms with Gasteiger partial charge in [0.15, 0.2) is 0 Å². The third-order valence-electron chi connectivity index (χ3n) is 4.40. The number of alkyl halides is 3. The first-order valence-electron chi connectivity index (χ1n) is 8.47. The van der Waals surface area contributed by atoms with Crippen LogP contribution in [0.2, 0.25) is 0 Å². The van der Waals surface area contributed by atoms with Crippen LogP contribution in [0, 0.1) is 0 Å². The van der Waals surface area contributed by atoms with Crippen LogP contribution < -0.4 is 4.90 Å². The maximum atomic E-state index is 12.6. The van der Waals surface area contributed by atoms with Crippen LogP contribution >= 0.6 is 0 Å². The molecular weight excluding hydrogens is 331 g/mol. The summed E-state index contributed by atoms with van der Waals surface area (Å²) in [7, 11) is 0. The summed E-state index contributed by atoms with van der Waals surface area (Å²) in [4.78, 5) is 8.41. The summed E-state index contributed by atoms with van der Waals surface area (Å²) in [5.41, 5.74) is 0.476. The molecule has 2 aromatic heterocycles. The van der Waals surface area contributed by atoms with Crippen molar-refractivity contribution in [2.24, 2.45) is 0 Å². The lowest BCUT2D eigenvalue weighted by molar-refractivity contribution is -0.137. The van der Waals surface area contributed by atoms with Crippen LogP contribution in [0.1, 0.15) is 24.5 Å². The first-order valence-corrected chi connectivity index (χ1v) is 8.47. The van der Waals surface area contributed by atoms with Gasteiger partial charge in [-0.3, -0.25) is 9.58 Å². The van der Waals surface area contributed by atoms with Crippen molar-refractivity contribution >= 4 is 5.82 Å². The van der Waals surface area contributed by atoms with E-state index in [0.717, 1.165) is 58.0 Å². The average molecular weight is 353 g/mol. The third kappa shape index (κ3) is 4.50. The quantitative estimate of drug-likeness (QED) is 0.847. The lowest BCUT2D eigenvalue weighted by Gasteiger charge is -2.22. The van der Waals surface area contributed by atoms with Gasteiger partial charge in [0.05, 0.1) is 11.8 Å². The molecule has 0 atom stereocenters. The lowest BCUT2D eigenvalue weighted by Crippen LogP contribution is -2.31. The zero-order valence-electron chi connectivity index (χ0n) is 14.2. The second-order valence-corrected chi connectivity index (χ2v) is 6.22. The Morgan fingerprint density at radius 3 is 2.56 bits per heavy atom. The van der Waals surface area contributed by atoms with Gasteiger partial charge in [-0.1, -0.05) is 0 Å².